The molecule has 0 saturated carbocycles. The van der Waals surface area contributed by atoms with Crippen LogP contribution in [0, 0.1) is 12.8 Å². The number of carbonyl (C=O) groups excluding carboxylic acids is 1. The summed E-state index contributed by atoms with van der Waals surface area (Å²) in [5.74, 6) is 0.834. The second-order valence-corrected chi connectivity index (χ2v) is 11.4. The lowest BCUT2D eigenvalue weighted by molar-refractivity contribution is 0.0194. The standard InChI is InChI=1S/C26H35N3O6S/c1-18-9-11-23(12-10-18)36(31,32)28-27-24(20-14-21(33-5)16-22(15-20)34-6)19-8-7-13-29(17-19)25(30)35-26(2,3)4/h9-12,14-16,19,28H,7-8,13,17H2,1-6H3/b27-24+. The van der Waals surface area contributed by atoms with Crippen LogP contribution in [-0.2, 0) is 14.8 Å². The van der Waals surface area contributed by atoms with Gasteiger partial charge in [-0.25, -0.2) is 4.79 Å². The number of hydrazone groups is 1. The van der Waals surface area contributed by atoms with Gasteiger partial charge in [0.05, 0.1) is 24.8 Å². The molecule has 0 aliphatic carbocycles. The van der Waals surface area contributed by atoms with Gasteiger partial charge in [0, 0.05) is 30.6 Å². The largest absolute Gasteiger partial charge is 0.497 e. The minimum atomic E-state index is -3.91. The van der Waals surface area contributed by atoms with Gasteiger partial charge in [-0.1, -0.05) is 17.7 Å². The van der Waals surface area contributed by atoms with Gasteiger partial charge in [-0.3, -0.25) is 0 Å². The third kappa shape index (κ3) is 7.13. The number of rotatable bonds is 7. The second-order valence-electron chi connectivity index (χ2n) is 9.77. The van der Waals surface area contributed by atoms with Gasteiger partial charge in [0.15, 0.2) is 0 Å². The summed E-state index contributed by atoms with van der Waals surface area (Å²) in [7, 11) is -0.825. The normalized spacial score (nSPS) is 16.9. The molecule has 2 aromatic carbocycles. The first-order valence-corrected chi connectivity index (χ1v) is 13.3. The van der Waals surface area contributed by atoms with Crippen molar-refractivity contribution in [1.29, 1.82) is 0 Å². The highest BCUT2D eigenvalue weighted by atomic mass is 32.2. The maximum Gasteiger partial charge on any atom is 0.410 e. The molecule has 1 fully saturated rings. The van der Waals surface area contributed by atoms with Gasteiger partial charge >= 0.3 is 6.09 Å². The number of hydrogen-bond acceptors (Lipinski definition) is 7. The van der Waals surface area contributed by atoms with Crippen LogP contribution in [-0.4, -0.2) is 58.0 Å². The van der Waals surface area contributed by atoms with E-state index in [2.05, 4.69) is 9.93 Å². The Morgan fingerprint density at radius 1 is 1.06 bits per heavy atom. The topological polar surface area (TPSA) is 107 Å². The quantitative estimate of drug-likeness (QED) is 0.433. The molecule has 1 N–H and O–H groups in total. The SMILES string of the molecule is COc1cc(OC)cc(/C(=N/NS(=O)(=O)c2ccc(C)cc2)C2CCCN(C(=O)OC(C)(C)C)C2)c1. The number of benzene rings is 2. The first kappa shape index (κ1) is 27.3. The van der Waals surface area contributed by atoms with Crippen LogP contribution in [0.15, 0.2) is 52.5 Å². The lowest BCUT2D eigenvalue weighted by Crippen LogP contribution is -2.45. The molecule has 1 aliphatic heterocycles. The summed E-state index contributed by atoms with van der Waals surface area (Å²) < 4.78 is 42.4. The highest BCUT2D eigenvalue weighted by molar-refractivity contribution is 7.89. The van der Waals surface area contributed by atoms with E-state index < -0.39 is 21.7 Å². The van der Waals surface area contributed by atoms with E-state index in [4.69, 9.17) is 14.2 Å². The molecule has 1 saturated heterocycles. The molecule has 196 valence electrons. The van der Waals surface area contributed by atoms with Gasteiger partial charge in [-0.2, -0.15) is 18.4 Å². The molecule has 0 aromatic heterocycles. The number of aryl methyl sites for hydroxylation is 1. The molecule has 1 amide bonds. The van der Waals surface area contributed by atoms with Gasteiger partial charge in [0.2, 0.25) is 0 Å². The van der Waals surface area contributed by atoms with Crippen molar-refractivity contribution in [3.63, 3.8) is 0 Å². The van der Waals surface area contributed by atoms with E-state index in [1.807, 2.05) is 27.7 Å². The zero-order chi connectivity index (χ0) is 26.5. The third-order valence-electron chi connectivity index (χ3n) is 5.72. The average molecular weight is 518 g/mol. The molecule has 1 heterocycles. The summed E-state index contributed by atoms with van der Waals surface area (Å²) in [4.78, 5) is 16.9. The van der Waals surface area contributed by atoms with Crippen molar-refractivity contribution in [2.75, 3.05) is 27.3 Å². The summed E-state index contributed by atoms with van der Waals surface area (Å²) in [6.45, 7) is 8.23. The molecule has 0 radical (unpaired) electrons. The number of carbonyl (C=O) groups is 1. The second kappa shape index (κ2) is 11.2. The Bertz CT molecular complexity index is 1180. The van der Waals surface area contributed by atoms with Gasteiger partial charge in [0.25, 0.3) is 10.0 Å². The molecule has 1 unspecified atom stereocenters. The highest BCUT2D eigenvalue weighted by Crippen LogP contribution is 2.28. The minimum Gasteiger partial charge on any atom is -0.497 e. The molecular weight excluding hydrogens is 482 g/mol. The number of nitrogens with one attached hydrogen (secondary N) is 1. The van der Waals surface area contributed by atoms with Gasteiger partial charge in [0.1, 0.15) is 17.1 Å². The van der Waals surface area contributed by atoms with Crippen LogP contribution in [0.3, 0.4) is 0 Å². The van der Waals surface area contributed by atoms with Crippen LogP contribution in [0.5, 0.6) is 11.5 Å². The Labute approximate surface area is 213 Å². The lowest BCUT2D eigenvalue weighted by atomic mass is 9.89. The predicted molar refractivity (Wildman–Crippen MR) is 138 cm³/mol. The number of methoxy groups -OCH3 is 2. The molecule has 1 aliphatic rings. The summed E-state index contributed by atoms with van der Waals surface area (Å²) in [5.41, 5.74) is 1.45. The smallest absolute Gasteiger partial charge is 0.410 e. The zero-order valence-corrected chi connectivity index (χ0v) is 22.5. The summed E-state index contributed by atoms with van der Waals surface area (Å²) >= 11 is 0. The van der Waals surface area contributed by atoms with Crippen molar-refractivity contribution in [3.8, 4) is 11.5 Å². The van der Waals surface area contributed by atoms with Crippen LogP contribution in [0.2, 0.25) is 0 Å². The molecular formula is C26H35N3O6S. The monoisotopic (exact) mass is 517 g/mol. The first-order valence-electron chi connectivity index (χ1n) is 11.8. The van der Waals surface area contributed by atoms with Gasteiger partial charge in [-0.15, -0.1) is 0 Å². The van der Waals surface area contributed by atoms with E-state index in [9.17, 15) is 13.2 Å². The third-order valence-corrected chi connectivity index (χ3v) is 6.95. The Hall–Kier alpha value is -3.27. The van der Waals surface area contributed by atoms with Gasteiger partial charge < -0.3 is 19.1 Å². The van der Waals surface area contributed by atoms with Crippen LogP contribution < -0.4 is 14.3 Å². The molecule has 3 rings (SSSR count). The van der Waals surface area contributed by atoms with Crippen molar-refractivity contribution in [2.24, 2.45) is 11.0 Å². The fourth-order valence-corrected chi connectivity index (χ4v) is 4.74. The van der Waals surface area contributed by atoms with E-state index in [1.54, 1.807) is 49.5 Å². The maximum atomic E-state index is 13.0. The summed E-state index contributed by atoms with van der Waals surface area (Å²) in [5, 5.41) is 4.40. The fourth-order valence-electron chi connectivity index (χ4n) is 3.92. The first-order chi connectivity index (χ1) is 16.9. The van der Waals surface area contributed by atoms with Crippen LogP contribution in [0.1, 0.15) is 44.7 Å². The minimum absolute atomic E-state index is 0.110. The number of piperidine rings is 1. The summed E-state index contributed by atoms with van der Waals surface area (Å²) in [6, 6.07) is 11.8. The van der Waals surface area contributed by atoms with Crippen molar-refractivity contribution >= 4 is 21.8 Å². The number of ether oxygens (including phenoxy) is 3. The molecule has 10 heteroatoms. The van der Waals surface area contributed by atoms with Gasteiger partial charge in [-0.05, 0) is 64.8 Å². The van der Waals surface area contributed by atoms with Crippen LogP contribution in [0.4, 0.5) is 4.79 Å². The Morgan fingerprint density at radius 3 is 2.22 bits per heavy atom. The van der Waals surface area contributed by atoms with E-state index in [-0.39, 0.29) is 10.8 Å². The molecule has 0 bridgehead atoms. The number of hydrogen-bond donors (Lipinski definition) is 1. The Kier molecular flexibility index (Phi) is 8.50. The van der Waals surface area contributed by atoms with Crippen molar-refractivity contribution < 1.29 is 27.4 Å². The molecule has 1 atom stereocenters. The average Bonchev–Trinajstić information content (AvgIpc) is 2.83. The van der Waals surface area contributed by atoms with Crippen molar-refractivity contribution in [2.45, 2.75) is 51.0 Å². The maximum absolute atomic E-state index is 13.0. The van der Waals surface area contributed by atoms with E-state index in [0.717, 1.165) is 12.0 Å². The van der Waals surface area contributed by atoms with Crippen LogP contribution in [0.25, 0.3) is 0 Å². The fraction of sp³-hybridized carbons (Fsp3) is 0.462. The lowest BCUT2D eigenvalue weighted by Gasteiger charge is -2.34. The molecule has 0 spiro atoms. The van der Waals surface area contributed by atoms with Crippen molar-refractivity contribution in [1.82, 2.24) is 9.73 Å². The number of amides is 1. The van der Waals surface area contributed by atoms with Crippen molar-refractivity contribution in [3.05, 3.63) is 53.6 Å². The number of likely N-dealkylation sites (tertiary alicyclic amines) is 1. The number of sulfonamides is 1. The zero-order valence-electron chi connectivity index (χ0n) is 21.7. The Morgan fingerprint density at radius 2 is 1.67 bits per heavy atom. The van der Waals surface area contributed by atoms with Crippen LogP contribution >= 0.6 is 0 Å². The van der Waals surface area contributed by atoms with E-state index in [1.165, 1.54) is 12.1 Å². The van der Waals surface area contributed by atoms with E-state index >= 15 is 0 Å². The molecule has 2 aromatic rings. The van der Waals surface area contributed by atoms with E-state index in [0.29, 0.717) is 42.3 Å². The molecule has 9 nitrogen and oxygen atoms in total. The molecule has 36 heavy (non-hydrogen) atoms. The number of nitrogens with zero attached hydrogens (tertiary/aromatic N) is 2. The Balaban J connectivity index is 1.99. The highest BCUT2D eigenvalue weighted by Gasteiger charge is 2.31. The summed E-state index contributed by atoms with van der Waals surface area (Å²) in [6.07, 6.45) is 1.02. The predicted octanol–water partition coefficient (Wildman–Crippen LogP) is 4.34.